The van der Waals surface area contributed by atoms with Gasteiger partial charge in [-0.25, -0.2) is 0 Å². The summed E-state index contributed by atoms with van der Waals surface area (Å²) in [5, 5.41) is 7.11. The van der Waals surface area contributed by atoms with Crippen LogP contribution in [0.25, 0.3) is 11.4 Å². The number of ketones is 1. The SMILES string of the molecule is O=C(c1ccccc1)c1ccccc1NC(=O)C1CCCN(Cc2nc(-c3cccc(Br)c3)no2)C1. The van der Waals surface area contributed by atoms with Gasteiger partial charge >= 0.3 is 0 Å². The maximum absolute atomic E-state index is 13.2. The van der Waals surface area contributed by atoms with Crippen LogP contribution in [0.4, 0.5) is 5.69 Å². The molecule has 3 aromatic carbocycles. The summed E-state index contributed by atoms with van der Waals surface area (Å²) in [6, 6.07) is 24.0. The summed E-state index contributed by atoms with van der Waals surface area (Å²) in [5.74, 6) is 0.649. The zero-order valence-corrected chi connectivity index (χ0v) is 21.1. The largest absolute Gasteiger partial charge is 0.338 e. The number of hydrogen-bond acceptors (Lipinski definition) is 6. The van der Waals surface area contributed by atoms with Gasteiger partial charge in [-0.15, -0.1) is 0 Å². The fourth-order valence-corrected chi connectivity index (χ4v) is 4.84. The molecule has 0 aliphatic carbocycles. The smallest absolute Gasteiger partial charge is 0.241 e. The van der Waals surface area contributed by atoms with Gasteiger partial charge in [-0.05, 0) is 43.7 Å². The van der Waals surface area contributed by atoms with Crippen LogP contribution in [0.15, 0.2) is 87.9 Å². The van der Waals surface area contributed by atoms with Crippen LogP contribution in [0.1, 0.15) is 34.7 Å². The maximum Gasteiger partial charge on any atom is 0.241 e. The Bertz CT molecular complexity index is 1370. The standard InChI is InChI=1S/C28H25BrN4O3/c29-22-12-6-10-20(16-22)27-31-25(36-32-27)18-33-15-7-11-21(17-33)28(35)30-24-14-5-4-13-23(24)26(34)19-8-2-1-3-9-19/h1-6,8-10,12-14,16,21H,7,11,15,17-18H2,(H,30,35). The Morgan fingerprint density at radius 3 is 2.67 bits per heavy atom. The number of benzene rings is 3. The molecule has 36 heavy (non-hydrogen) atoms. The van der Waals surface area contributed by atoms with Crippen LogP contribution >= 0.6 is 15.9 Å². The number of likely N-dealkylation sites (tertiary alicyclic amines) is 1. The van der Waals surface area contributed by atoms with Crippen molar-refractivity contribution in [3.05, 3.63) is 100 Å². The predicted octanol–water partition coefficient (Wildman–Crippen LogP) is 5.58. The van der Waals surface area contributed by atoms with Crippen molar-refractivity contribution in [2.45, 2.75) is 19.4 Å². The summed E-state index contributed by atoms with van der Waals surface area (Å²) < 4.78 is 6.43. The highest BCUT2D eigenvalue weighted by Crippen LogP contribution is 2.25. The first-order valence-electron chi connectivity index (χ1n) is 11.9. The number of halogens is 1. The topological polar surface area (TPSA) is 88.3 Å². The van der Waals surface area contributed by atoms with E-state index in [2.05, 4.69) is 36.3 Å². The van der Waals surface area contributed by atoms with Crippen molar-refractivity contribution >= 4 is 33.3 Å². The number of nitrogens with one attached hydrogen (secondary N) is 1. The number of piperidine rings is 1. The summed E-state index contributed by atoms with van der Waals surface area (Å²) in [4.78, 5) is 32.9. The number of amides is 1. The molecule has 1 atom stereocenters. The second-order valence-corrected chi connectivity index (χ2v) is 9.74. The molecule has 1 saturated heterocycles. The summed E-state index contributed by atoms with van der Waals surface area (Å²) >= 11 is 3.46. The molecule has 1 N–H and O–H groups in total. The van der Waals surface area contributed by atoms with Gasteiger partial charge in [0.15, 0.2) is 5.78 Å². The molecule has 1 aliphatic rings. The van der Waals surface area contributed by atoms with Gasteiger partial charge in [-0.3, -0.25) is 14.5 Å². The van der Waals surface area contributed by atoms with E-state index in [4.69, 9.17) is 4.52 Å². The molecule has 1 aromatic heterocycles. The van der Waals surface area contributed by atoms with Crippen LogP contribution in [0.2, 0.25) is 0 Å². The lowest BCUT2D eigenvalue weighted by Crippen LogP contribution is -2.40. The first kappa shape index (κ1) is 24.1. The van der Waals surface area contributed by atoms with Crippen LogP contribution < -0.4 is 5.32 Å². The van der Waals surface area contributed by atoms with E-state index in [1.807, 2.05) is 48.5 Å². The summed E-state index contributed by atoms with van der Waals surface area (Å²) in [5.41, 5.74) is 2.48. The molecular weight excluding hydrogens is 520 g/mol. The Morgan fingerprint density at radius 1 is 1.03 bits per heavy atom. The maximum atomic E-state index is 13.2. The second kappa shape index (κ2) is 11.0. The van der Waals surface area contributed by atoms with Gasteiger partial charge < -0.3 is 9.84 Å². The monoisotopic (exact) mass is 544 g/mol. The third-order valence-corrected chi connectivity index (χ3v) is 6.74. The van der Waals surface area contributed by atoms with Crippen LogP contribution in [0, 0.1) is 5.92 Å². The molecule has 1 fully saturated rings. The third kappa shape index (κ3) is 5.61. The number of rotatable bonds is 7. The lowest BCUT2D eigenvalue weighted by Gasteiger charge is -2.31. The van der Waals surface area contributed by atoms with Crippen molar-refractivity contribution < 1.29 is 14.1 Å². The van der Waals surface area contributed by atoms with E-state index < -0.39 is 0 Å². The van der Waals surface area contributed by atoms with Gasteiger partial charge in [0.2, 0.25) is 17.6 Å². The summed E-state index contributed by atoms with van der Waals surface area (Å²) in [6.45, 7) is 1.91. The fraction of sp³-hybridized carbons (Fsp3) is 0.214. The molecule has 4 aromatic rings. The third-order valence-electron chi connectivity index (χ3n) is 6.25. The number of aromatic nitrogens is 2. The normalized spacial score (nSPS) is 16.0. The Hall–Kier alpha value is -3.62. The number of carbonyl (C=O) groups is 2. The zero-order valence-electron chi connectivity index (χ0n) is 19.6. The average Bonchev–Trinajstić information content (AvgIpc) is 3.38. The minimum absolute atomic E-state index is 0.0895. The van der Waals surface area contributed by atoms with E-state index in [0.29, 0.717) is 41.6 Å². The minimum atomic E-state index is -0.203. The Morgan fingerprint density at radius 2 is 1.83 bits per heavy atom. The van der Waals surface area contributed by atoms with E-state index in [1.54, 1.807) is 30.3 Å². The summed E-state index contributed by atoms with van der Waals surface area (Å²) in [7, 11) is 0. The first-order valence-corrected chi connectivity index (χ1v) is 12.7. The molecule has 2 heterocycles. The Labute approximate surface area is 217 Å². The van der Waals surface area contributed by atoms with Crippen molar-refractivity contribution in [2.75, 3.05) is 18.4 Å². The average molecular weight is 545 g/mol. The van der Waals surface area contributed by atoms with Crippen molar-refractivity contribution in [2.24, 2.45) is 5.92 Å². The predicted molar refractivity (Wildman–Crippen MR) is 140 cm³/mol. The van der Waals surface area contributed by atoms with E-state index in [-0.39, 0.29) is 17.6 Å². The second-order valence-electron chi connectivity index (χ2n) is 8.83. The van der Waals surface area contributed by atoms with Gasteiger partial charge in [0, 0.05) is 27.7 Å². The Kier molecular flexibility index (Phi) is 7.34. The van der Waals surface area contributed by atoms with Crippen LogP contribution in [-0.4, -0.2) is 39.8 Å². The fourth-order valence-electron chi connectivity index (χ4n) is 4.44. The van der Waals surface area contributed by atoms with Gasteiger partial charge in [-0.1, -0.05) is 75.7 Å². The number of para-hydroxylation sites is 1. The van der Waals surface area contributed by atoms with Gasteiger partial charge in [0.05, 0.1) is 18.2 Å². The number of anilines is 1. The molecule has 182 valence electrons. The highest BCUT2D eigenvalue weighted by atomic mass is 79.9. The number of hydrogen-bond donors (Lipinski definition) is 1. The number of nitrogens with zero attached hydrogens (tertiary/aromatic N) is 3. The van der Waals surface area contributed by atoms with E-state index in [9.17, 15) is 9.59 Å². The molecule has 0 bridgehead atoms. The minimum Gasteiger partial charge on any atom is -0.338 e. The van der Waals surface area contributed by atoms with Crippen LogP contribution in [0.5, 0.6) is 0 Å². The highest BCUT2D eigenvalue weighted by molar-refractivity contribution is 9.10. The molecule has 8 heteroatoms. The molecular formula is C28H25BrN4O3. The van der Waals surface area contributed by atoms with E-state index in [1.165, 1.54) is 0 Å². The first-order chi connectivity index (χ1) is 17.6. The highest BCUT2D eigenvalue weighted by Gasteiger charge is 2.28. The van der Waals surface area contributed by atoms with Crippen molar-refractivity contribution in [1.82, 2.24) is 15.0 Å². The molecule has 0 spiro atoms. The zero-order chi connectivity index (χ0) is 24.9. The van der Waals surface area contributed by atoms with Gasteiger partial charge in [0.25, 0.3) is 0 Å². The van der Waals surface area contributed by atoms with E-state index in [0.717, 1.165) is 29.4 Å². The molecule has 5 rings (SSSR count). The van der Waals surface area contributed by atoms with Crippen LogP contribution in [0.3, 0.4) is 0 Å². The molecule has 7 nitrogen and oxygen atoms in total. The van der Waals surface area contributed by atoms with Crippen molar-refractivity contribution in [1.29, 1.82) is 0 Å². The molecule has 0 saturated carbocycles. The number of carbonyl (C=O) groups excluding carboxylic acids is 2. The molecule has 1 aliphatic heterocycles. The van der Waals surface area contributed by atoms with E-state index >= 15 is 0 Å². The quantitative estimate of drug-likeness (QED) is 0.305. The van der Waals surface area contributed by atoms with Crippen molar-refractivity contribution in [3.8, 4) is 11.4 Å². The van der Waals surface area contributed by atoms with Crippen LogP contribution in [-0.2, 0) is 11.3 Å². The van der Waals surface area contributed by atoms with Crippen molar-refractivity contribution in [3.63, 3.8) is 0 Å². The Balaban J connectivity index is 1.24. The molecule has 1 amide bonds. The molecule has 0 radical (unpaired) electrons. The summed E-state index contributed by atoms with van der Waals surface area (Å²) in [6.07, 6.45) is 1.67. The lowest BCUT2D eigenvalue weighted by atomic mass is 9.96. The lowest BCUT2D eigenvalue weighted by molar-refractivity contribution is -0.121. The van der Waals surface area contributed by atoms with Gasteiger partial charge in [-0.2, -0.15) is 4.98 Å². The van der Waals surface area contributed by atoms with Gasteiger partial charge in [0.1, 0.15) is 0 Å². The molecule has 1 unspecified atom stereocenters.